The van der Waals surface area contributed by atoms with E-state index in [4.69, 9.17) is 10.9 Å². The summed E-state index contributed by atoms with van der Waals surface area (Å²) in [5, 5.41) is 15.2. The second-order valence-electron chi connectivity index (χ2n) is 5.96. The third-order valence-electron chi connectivity index (χ3n) is 3.61. The van der Waals surface area contributed by atoms with Crippen molar-refractivity contribution >= 4 is 5.84 Å². The van der Waals surface area contributed by atoms with Crippen LogP contribution in [0, 0.1) is 10.8 Å². The number of nitrogens with two attached hydrogens (primary N) is 1. The highest BCUT2D eigenvalue weighted by molar-refractivity contribution is 5.85. The Kier molecular flexibility index (Phi) is 4.19. The lowest BCUT2D eigenvalue weighted by atomic mass is 9.86. The maximum Gasteiger partial charge on any atom is 0.144 e. The van der Waals surface area contributed by atoms with Crippen molar-refractivity contribution < 1.29 is 5.21 Å². The molecule has 0 aromatic rings. The quantitative estimate of drug-likeness (QED) is 0.205. The van der Waals surface area contributed by atoms with E-state index in [1.165, 1.54) is 12.8 Å². The van der Waals surface area contributed by atoms with Crippen LogP contribution in [0.2, 0.25) is 0 Å². The fraction of sp³-hybridized carbons (Fsp3) is 0.917. The van der Waals surface area contributed by atoms with Crippen LogP contribution in [-0.4, -0.2) is 24.1 Å². The standard InChI is InChI=1S/C12H25N3O/c1-11(2,10(13)15-16)5-4-8-14-9-12(3)6-7-12/h14,16H,4-9H2,1-3H3,(H2,13,15). The third kappa shape index (κ3) is 4.00. The maximum absolute atomic E-state index is 8.64. The van der Waals surface area contributed by atoms with Crippen molar-refractivity contribution in [3.05, 3.63) is 0 Å². The summed E-state index contributed by atoms with van der Waals surface area (Å²) >= 11 is 0. The number of oxime groups is 1. The molecule has 0 saturated heterocycles. The zero-order valence-corrected chi connectivity index (χ0v) is 10.7. The van der Waals surface area contributed by atoms with Crippen LogP contribution in [0.25, 0.3) is 0 Å². The van der Waals surface area contributed by atoms with Gasteiger partial charge in [0.1, 0.15) is 5.84 Å². The fourth-order valence-electron chi connectivity index (χ4n) is 1.70. The second-order valence-corrected chi connectivity index (χ2v) is 5.96. The van der Waals surface area contributed by atoms with Crippen molar-refractivity contribution in [3.8, 4) is 0 Å². The smallest absolute Gasteiger partial charge is 0.144 e. The molecular formula is C12H25N3O. The zero-order valence-electron chi connectivity index (χ0n) is 10.7. The van der Waals surface area contributed by atoms with Crippen LogP contribution in [0.3, 0.4) is 0 Å². The van der Waals surface area contributed by atoms with Gasteiger partial charge in [0.2, 0.25) is 0 Å². The Labute approximate surface area is 98.3 Å². The molecule has 0 unspecified atom stereocenters. The summed E-state index contributed by atoms with van der Waals surface area (Å²) in [6, 6.07) is 0. The Hall–Kier alpha value is -0.770. The normalized spacial score (nSPS) is 19.8. The summed E-state index contributed by atoms with van der Waals surface area (Å²) in [5.74, 6) is 0.321. The van der Waals surface area contributed by atoms with Gasteiger partial charge in [0.25, 0.3) is 0 Å². The van der Waals surface area contributed by atoms with Gasteiger partial charge in [-0.2, -0.15) is 0 Å². The van der Waals surface area contributed by atoms with E-state index < -0.39 is 0 Å². The van der Waals surface area contributed by atoms with Crippen molar-refractivity contribution in [2.24, 2.45) is 21.7 Å². The molecule has 1 saturated carbocycles. The van der Waals surface area contributed by atoms with E-state index in [2.05, 4.69) is 17.4 Å². The number of hydrogen-bond donors (Lipinski definition) is 3. The number of nitrogens with one attached hydrogen (secondary N) is 1. The van der Waals surface area contributed by atoms with Crippen molar-refractivity contribution in [1.82, 2.24) is 5.32 Å². The summed E-state index contributed by atoms with van der Waals surface area (Å²) in [7, 11) is 0. The lowest BCUT2D eigenvalue weighted by Gasteiger charge is -2.22. The Balaban J connectivity index is 2.10. The van der Waals surface area contributed by atoms with Crippen LogP contribution in [-0.2, 0) is 0 Å². The molecule has 4 heteroatoms. The van der Waals surface area contributed by atoms with E-state index in [0.29, 0.717) is 11.3 Å². The van der Waals surface area contributed by atoms with Gasteiger partial charge >= 0.3 is 0 Å². The minimum atomic E-state index is -0.208. The summed E-state index contributed by atoms with van der Waals surface area (Å²) in [5.41, 5.74) is 5.99. The number of hydrogen-bond acceptors (Lipinski definition) is 3. The molecule has 16 heavy (non-hydrogen) atoms. The van der Waals surface area contributed by atoms with Gasteiger partial charge < -0.3 is 16.3 Å². The van der Waals surface area contributed by atoms with Crippen LogP contribution < -0.4 is 11.1 Å². The van der Waals surface area contributed by atoms with Crippen LogP contribution in [0.5, 0.6) is 0 Å². The van der Waals surface area contributed by atoms with E-state index in [1.807, 2.05) is 13.8 Å². The molecule has 1 rings (SSSR count). The molecular weight excluding hydrogens is 202 g/mol. The molecule has 0 atom stereocenters. The van der Waals surface area contributed by atoms with Crippen molar-refractivity contribution in [3.63, 3.8) is 0 Å². The predicted octanol–water partition coefficient (Wildman–Crippen LogP) is 1.93. The number of rotatable bonds is 7. The van der Waals surface area contributed by atoms with Crippen LogP contribution in [0.15, 0.2) is 5.16 Å². The molecule has 0 radical (unpaired) electrons. The molecule has 1 aliphatic carbocycles. The molecule has 4 N–H and O–H groups in total. The van der Waals surface area contributed by atoms with Gasteiger partial charge in [0, 0.05) is 12.0 Å². The van der Waals surface area contributed by atoms with E-state index in [1.54, 1.807) is 0 Å². The van der Waals surface area contributed by atoms with Gasteiger partial charge in [0.05, 0.1) is 0 Å². The number of nitrogens with zero attached hydrogens (tertiary/aromatic N) is 1. The molecule has 4 nitrogen and oxygen atoms in total. The van der Waals surface area contributed by atoms with E-state index >= 15 is 0 Å². The Morgan fingerprint density at radius 2 is 2.12 bits per heavy atom. The van der Waals surface area contributed by atoms with Gasteiger partial charge in [-0.15, -0.1) is 0 Å². The summed E-state index contributed by atoms with van der Waals surface area (Å²) in [6.45, 7) is 8.46. The average molecular weight is 227 g/mol. The largest absolute Gasteiger partial charge is 0.409 e. The molecule has 0 aliphatic heterocycles. The Morgan fingerprint density at radius 3 is 2.62 bits per heavy atom. The highest BCUT2D eigenvalue weighted by atomic mass is 16.4. The van der Waals surface area contributed by atoms with Gasteiger partial charge in [-0.25, -0.2) is 0 Å². The molecule has 0 spiro atoms. The fourth-order valence-corrected chi connectivity index (χ4v) is 1.70. The summed E-state index contributed by atoms with van der Waals surface area (Å²) in [6.07, 6.45) is 4.71. The van der Waals surface area contributed by atoms with Crippen molar-refractivity contribution in [1.29, 1.82) is 0 Å². The first-order chi connectivity index (χ1) is 7.40. The van der Waals surface area contributed by atoms with Crippen LogP contribution in [0.1, 0.15) is 46.5 Å². The first-order valence-electron chi connectivity index (χ1n) is 6.08. The lowest BCUT2D eigenvalue weighted by molar-refractivity contribution is 0.304. The van der Waals surface area contributed by atoms with E-state index in [0.717, 1.165) is 25.9 Å². The molecule has 0 aromatic carbocycles. The Morgan fingerprint density at radius 1 is 1.50 bits per heavy atom. The zero-order chi connectivity index (χ0) is 12.2. The molecule has 1 fully saturated rings. The molecule has 0 amide bonds. The molecule has 0 bridgehead atoms. The predicted molar refractivity (Wildman–Crippen MR) is 66.6 cm³/mol. The van der Waals surface area contributed by atoms with Crippen LogP contribution in [0.4, 0.5) is 0 Å². The van der Waals surface area contributed by atoms with Crippen molar-refractivity contribution in [2.75, 3.05) is 13.1 Å². The first-order valence-corrected chi connectivity index (χ1v) is 6.08. The van der Waals surface area contributed by atoms with Crippen LogP contribution >= 0.6 is 0 Å². The minimum absolute atomic E-state index is 0.208. The van der Waals surface area contributed by atoms with E-state index in [-0.39, 0.29) is 5.41 Å². The molecule has 0 aromatic heterocycles. The summed E-state index contributed by atoms with van der Waals surface area (Å²) in [4.78, 5) is 0. The van der Waals surface area contributed by atoms with Gasteiger partial charge in [0.15, 0.2) is 0 Å². The average Bonchev–Trinajstić information content (AvgIpc) is 2.95. The monoisotopic (exact) mass is 227 g/mol. The van der Waals surface area contributed by atoms with Crippen molar-refractivity contribution in [2.45, 2.75) is 46.5 Å². The van der Waals surface area contributed by atoms with E-state index in [9.17, 15) is 0 Å². The molecule has 1 aliphatic rings. The van der Waals surface area contributed by atoms with Gasteiger partial charge in [-0.3, -0.25) is 0 Å². The molecule has 0 heterocycles. The minimum Gasteiger partial charge on any atom is -0.409 e. The third-order valence-corrected chi connectivity index (χ3v) is 3.61. The van der Waals surface area contributed by atoms with Gasteiger partial charge in [-0.05, 0) is 37.6 Å². The summed E-state index contributed by atoms with van der Waals surface area (Å²) < 4.78 is 0. The Bertz CT molecular complexity index is 257. The topological polar surface area (TPSA) is 70.6 Å². The molecule has 94 valence electrons. The van der Waals surface area contributed by atoms with Gasteiger partial charge in [-0.1, -0.05) is 25.9 Å². The number of amidine groups is 1. The first kappa shape index (κ1) is 13.3. The second kappa shape index (κ2) is 5.04. The SMILES string of the molecule is CC1(CNCCCC(C)(C)C(N)=NO)CC1. The highest BCUT2D eigenvalue weighted by Crippen LogP contribution is 2.43. The lowest BCUT2D eigenvalue weighted by Crippen LogP contribution is -2.33. The maximum atomic E-state index is 8.64. The highest BCUT2D eigenvalue weighted by Gasteiger charge is 2.36.